The monoisotopic (exact) mass is 367 g/mol. The molecule has 2 heterocycles. The van der Waals surface area contributed by atoms with Crippen LogP contribution in [0.4, 0.5) is 5.69 Å². The number of nitrogens with zero attached hydrogens (tertiary/aromatic N) is 3. The van der Waals surface area contributed by atoms with E-state index in [0.29, 0.717) is 0 Å². The van der Waals surface area contributed by atoms with E-state index in [1.54, 1.807) is 17.8 Å². The highest BCUT2D eigenvalue weighted by atomic mass is 32.2. The SMILES string of the molecule is CCN(CC)CCn1cc2c([N+](=O)[O-])ccc3c2c1-c1ccccc1S3. The summed E-state index contributed by atoms with van der Waals surface area (Å²) >= 11 is 1.70. The first-order chi connectivity index (χ1) is 12.6. The normalized spacial score (nSPS) is 12.6. The van der Waals surface area contributed by atoms with Crippen LogP contribution in [-0.4, -0.2) is 34.0 Å². The van der Waals surface area contributed by atoms with Gasteiger partial charge in [0.05, 0.1) is 16.0 Å². The van der Waals surface area contributed by atoms with Gasteiger partial charge in [-0.1, -0.05) is 43.8 Å². The molecule has 0 spiro atoms. The van der Waals surface area contributed by atoms with E-state index in [1.165, 1.54) is 10.5 Å². The van der Waals surface area contributed by atoms with Gasteiger partial charge in [0.15, 0.2) is 0 Å². The molecule has 1 aliphatic heterocycles. The molecule has 3 aromatic rings. The van der Waals surface area contributed by atoms with Crippen molar-refractivity contribution < 1.29 is 4.92 Å². The van der Waals surface area contributed by atoms with Gasteiger partial charge in [0.2, 0.25) is 0 Å². The van der Waals surface area contributed by atoms with Crippen molar-refractivity contribution in [2.24, 2.45) is 0 Å². The van der Waals surface area contributed by atoms with Gasteiger partial charge in [-0.25, -0.2) is 0 Å². The smallest absolute Gasteiger partial charge is 0.278 e. The average molecular weight is 367 g/mol. The second-order valence-corrected chi connectivity index (χ2v) is 7.51. The molecule has 2 aromatic carbocycles. The lowest BCUT2D eigenvalue weighted by Crippen LogP contribution is -2.27. The van der Waals surface area contributed by atoms with E-state index in [1.807, 2.05) is 24.4 Å². The quantitative estimate of drug-likeness (QED) is 0.354. The van der Waals surface area contributed by atoms with Crippen LogP contribution >= 0.6 is 11.8 Å². The Morgan fingerprint density at radius 3 is 2.62 bits per heavy atom. The van der Waals surface area contributed by atoms with Gasteiger partial charge in [0.1, 0.15) is 0 Å². The second kappa shape index (κ2) is 6.78. The highest BCUT2D eigenvalue weighted by Gasteiger charge is 2.27. The van der Waals surface area contributed by atoms with Crippen molar-refractivity contribution in [3.05, 3.63) is 52.7 Å². The van der Waals surface area contributed by atoms with Gasteiger partial charge in [-0.3, -0.25) is 10.1 Å². The molecule has 0 amide bonds. The van der Waals surface area contributed by atoms with Gasteiger partial charge in [-0.05, 0) is 25.2 Å². The van der Waals surface area contributed by atoms with Gasteiger partial charge < -0.3 is 9.47 Å². The lowest BCUT2D eigenvalue weighted by Gasteiger charge is -2.22. The molecular formula is C20H21N3O2S. The van der Waals surface area contributed by atoms with Crippen LogP contribution in [0.25, 0.3) is 22.0 Å². The molecule has 0 radical (unpaired) electrons. The largest absolute Gasteiger partial charge is 0.345 e. The fourth-order valence-corrected chi connectivity index (χ4v) is 4.80. The van der Waals surface area contributed by atoms with Gasteiger partial charge in [0, 0.05) is 46.1 Å². The molecule has 0 saturated heterocycles. The van der Waals surface area contributed by atoms with E-state index in [0.717, 1.165) is 47.5 Å². The van der Waals surface area contributed by atoms with E-state index in [-0.39, 0.29) is 10.6 Å². The number of nitro groups is 1. The first kappa shape index (κ1) is 17.1. The number of benzene rings is 2. The van der Waals surface area contributed by atoms with Crippen molar-refractivity contribution >= 4 is 28.2 Å². The summed E-state index contributed by atoms with van der Waals surface area (Å²) in [5.41, 5.74) is 2.46. The van der Waals surface area contributed by atoms with E-state index in [9.17, 15) is 10.1 Å². The second-order valence-electron chi connectivity index (χ2n) is 6.42. The summed E-state index contributed by atoms with van der Waals surface area (Å²) in [6.45, 7) is 8.08. The highest BCUT2D eigenvalue weighted by Crippen LogP contribution is 2.50. The van der Waals surface area contributed by atoms with Gasteiger partial charge >= 0.3 is 0 Å². The van der Waals surface area contributed by atoms with Crippen LogP contribution in [0, 0.1) is 10.1 Å². The minimum atomic E-state index is -0.275. The molecule has 0 saturated carbocycles. The first-order valence-electron chi connectivity index (χ1n) is 8.93. The summed E-state index contributed by atoms with van der Waals surface area (Å²) in [5, 5.41) is 13.3. The summed E-state index contributed by atoms with van der Waals surface area (Å²) in [6.07, 6.45) is 1.97. The summed E-state index contributed by atoms with van der Waals surface area (Å²) in [6, 6.07) is 11.8. The van der Waals surface area contributed by atoms with Crippen LogP contribution in [0.5, 0.6) is 0 Å². The van der Waals surface area contributed by atoms with Crippen LogP contribution in [0.3, 0.4) is 0 Å². The Morgan fingerprint density at radius 1 is 1.12 bits per heavy atom. The minimum absolute atomic E-state index is 0.187. The summed E-state index contributed by atoms with van der Waals surface area (Å²) in [4.78, 5) is 15.9. The van der Waals surface area contributed by atoms with Crippen molar-refractivity contribution in [1.82, 2.24) is 9.47 Å². The van der Waals surface area contributed by atoms with Gasteiger partial charge in [-0.15, -0.1) is 0 Å². The van der Waals surface area contributed by atoms with E-state index >= 15 is 0 Å². The maximum Gasteiger partial charge on any atom is 0.278 e. The number of aromatic nitrogens is 1. The minimum Gasteiger partial charge on any atom is -0.345 e. The molecule has 0 fully saturated rings. The van der Waals surface area contributed by atoms with Crippen molar-refractivity contribution in [3.8, 4) is 11.3 Å². The molecule has 0 bridgehead atoms. The number of hydrogen-bond donors (Lipinski definition) is 0. The molecule has 6 heteroatoms. The molecule has 1 aliphatic rings. The number of fused-ring (bicyclic) bond motifs is 2. The molecule has 0 atom stereocenters. The summed E-state index contributed by atoms with van der Waals surface area (Å²) in [7, 11) is 0. The Hall–Kier alpha value is -2.31. The Balaban J connectivity index is 1.92. The lowest BCUT2D eigenvalue weighted by molar-refractivity contribution is -0.383. The lowest BCUT2D eigenvalue weighted by atomic mass is 10.1. The molecule has 134 valence electrons. The molecule has 4 rings (SSSR count). The molecule has 1 aromatic heterocycles. The predicted molar refractivity (Wildman–Crippen MR) is 106 cm³/mol. The number of likely N-dealkylation sites (N-methyl/N-ethyl adjacent to an activating group) is 1. The van der Waals surface area contributed by atoms with E-state index in [2.05, 4.69) is 35.4 Å². The Kier molecular flexibility index (Phi) is 4.46. The zero-order valence-electron chi connectivity index (χ0n) is 14.9. The Morgan fingerprint density at radius 2 is 1.88 bits per heavy atom. The summed E-state index contributed by atoms with van der Waals surface area (Å²) < 4.78 is 2.21. The third-order valence-electron chi connectivity index (χ3n) is 5.10. The van der Waals surface area contributed by atoms with Crippen LogP contribution in [-0.2, 0) is 6.54 Å². The number of rotatable bonds is 6. The van der Waals surface area contributed by atoms with Crippen molar-refractivity contribution in [3.63, 3.8) is 0 Å². The van der Waals surface area contributed by atoms with Gasteiger partial charge in [0.25, 0.3) is 5.69 Å². The zero-order valence-corrected chi connectivity index (χ0v) is 15.8. The maximum absolute atomic E-state index is 11.5. The topological polar surface area (TPSA) is 51.3 Å². The molecular weight excluding hydrogens is 346 g/mol. The van der Waals surface area contributed by atoms with E-state index < -0.39 is 0 Å². The fraction of sp³-hybridized carbons (Fsp3) is 0.300. The first-order valence-corrected chi connectivity index (χ1v) is 9.75. The van der Waals surface area contributed by atoms with Crippen LogP contribution in [0.1, 0.15) is 13.8 Å². The Labute approximate surface area is 156 Å². The molecule has 5 nitrogen and oxygen atoms in total. The molecule has 26 heavy (non-hydrogen) atoms. The average Bonchev–Trinajstić information content (AvgIpc) is 3.03. The molecule has 0 N–H and O–H groups in total. The molecule has 0 unspecified atom stereocenters. The maximum atomic E-state index is 11.5. The number of hydrogen-bond acceptors (Lipinski definition) is 4. The van der Waals surface area contributed by atoms with Crippen LogP contribution in [0.2, 0.25) is 0 Å². The summed E-state index contributed by atoms with van der Waals surface area (Å²) in [5.74, 6) is 0. The standard InChI is InChI=1S/C20H21N3O2S/c1-3-21(4-2)11-12-22-13-15-16(23(24)25)9-10-18-19(15)20(22)14-7-5-6-8-17(14)26-18/h5-10,13H,3-4,11-12H2,1-2H3. The van der Waals surface area contributed by atoms with Crippen molar-refractivity contribution in [1.29, 1.82) is 0 Å². The molecule has 0 aliphatic carbocycles. The number of non-ortho nitro benzene ring substituents is 1. The van der Waals surface area contributed by atoms with Crippen LogP contribution < -0.4 is 0 Å². The zero-order chi connectivity index (χ0) is 18.3. The van der Waals surface area contributed by atoms with Crippen LogP contribution in [0.15, 0.2) is 52.4 Å². The van der Waals surface area contributed by atoms with Gasteiger partial charge in [-0.2, -0.15) is 0 Å². The third kappa shape index (κ3) is 2.70. The van der Waals surface area contributed by atoms with Crippen molar-refractivity contribution in [2.45, 2.75) is 30.2 Å². The van der Waals surface area contributed by atoms with E-state index in [4.69, 9.17) is 0 Å². The number of nitro benzene ring substituents is 1. The third-order valence-corrected chi connectivity index (χ3v) is 6.24. The fourth-order valence-electron chi connectivity index (χ4n) is 3.70. The Bertz CT molecular complexity index is 992. The highest BCUT2D eigenvalue weighted by molar-refractivity contribution is 7.99. The van der Waals surface area contributed by atoms with Crippen molar-refractivity contribution in [2.75, 3.05) is 19.6 Å². The predicted octanol–water partition coefficient (Wildman–Crippen LogP) is 5.02.